The van der Waals surface area contributed by atoms with Crippen LogP contribution in [0, 0.1) is 5.82 Å². The number of hydrogen-bond acceptors (Lipinski definition) is 4. The van der Waals surface area contributed by atoms with Crippen LogP contribution in [0.4, 0.5) is 4.39 Å². The van der Waals surface area contributed by atoms with Crippen LogP contribution >= 0.6 is 0 Å². The molecular formula is C18H20FN5O2. The molecule has 1 aromatic carbocycles. The molecule has 1 fully saturated rings. The molecule has 0 spiro atoms. The lowest BCUT2D eigenvalue weighted by Crippen LogP contribution is -2.54. The van der Waals surface area contributed by atoms with Gasteiger partial charge < -0.3 is 20.1 Å². The van der Waals surface area contributed by atoms with Gasteiger partial charge in [0.05, 0.1) is 18.6 Å². The third-order valence-corrected chi connectivity index (χ3v) is 4.91. The van der Waals surface area contributed by atoms with Crippen LogP contribution in [0.3, 0.4) is 0 Å². The summed E-state index contributed by atoms with van der Waals surface area (Å²) in [6, 6.07) is 5.61. The summed E-state index contributed by atoms with van der Waals surface area (Å²) < 4.78 is 13.0. The van der Waals surface area contributed by atoms with Crippen molar-refractivity contribution < 1.29 is 14.0 Å². The third-order valence-electron chi connectivity index (χ3n) is 4.91. The number of carbonyl (C=O) groups excluding carboxylic acids is 2. The second-order valence-electron chi connectivity index (χ2n) is 6.61. The number of hydrogen-bond donors (Lipinski definition) is 2. The predicted molar refractivity (Wildman–Crippen MR) is 91.4 cm³/mol. The zero-order valence-electron chi connectivity index (χ0n) is 14.2. The molecule has 1 unspecified atom stereocenters. The van der Waals surface area contributed by atoms with E-state index in [4.69, 9.17) is 0 Å². The predicted octanol–water partition coefficient (Wildman–Crippen LogP) is 0.607. The topological polar surface area (TPSA) is 81.3 Å². The number of nitrogens with zero attached hydrogens (tertiary/aromatic N) is 3. The third kappa shape index (κ3) is 3.20. The first-order chi connectivity index (χ1) is 12.6. The minimum Gasteiger partial charge on any atom is -0.348 e. The molecule has 2 aliphatic rings. The molecule has 2 aromatic rings. The van der Waals surface area contributed by atoms with E-state index in [0.29, 0.717) is 26.2 Å². The van der Waals surface area contributed by atoms with Crippen molar-refractivity contribution in [1.82, 2.24) is 25.1 Å². The number of H-pyrrole nitrogens is 1. The first kappa shape index (κ1) is 16.7. The van der Waals surface area contributed by atoms with Crippen molar-refractivity contribution in [1.29, 1.82) is 0 Å². The standard InChI is InChI=1S/C18H20FN5O2/c19-13-3-1-12(2-4-13)9-23-7-8-24(10-15(23)25)18(26)17-16-14(5-6-20-17)21-11-22-16/h1-4,11,17,20H,5-10H2,(H,21,22). The number of nitrogens with one attached hydrogen (secondary N) is 2. The van der Waals surface area contributed by atoms with Crippen molar-refractivity contribution in [3.8, 4) is 0 Å². The van der Waals surface area contributed by atoms with E-state index in [9.17, 15) is 14.0 Å². The van der Waals surface area contributed by atoms with Gasteiger partial charge in [-0.2, -0.15) is 0 Å². The number of aromatic nitrogens is 2. The summed E-state index contributed by atoms with van der Waals surface area (Å²) in [5.41, 5.74) is 2.57. The molecule has 0 aliphatic carbocycles. The number of amides is 2. The molecule has 136 valence electrons. The molecule has 26 heavy (non-hydrogen) atoms. The summed E-state index contributed by atoms with van der Waals surface area (Å²) in [6.07, 6.45) is 2.41. The van der Waals surface area contributed by atoms with Crippen molar-refractivity contribution in [2.45, 2.75) is 19.0 Å². The second kappa shape index (κ2) is 6.87. The summed E-state index contributed by atoms with van der Waals surface area (Å²) in [5.74, 6) is -0.520. The lowest BCUT2D eigenvalue weighted by molar-refractivity contribution is -0.147. The maximum absolute atomic E-state index is 13.0. The Morgan fingerprint density at radius 2 is 2.08 bits per heavy atom. The number of imidazole rings is 1. The lowest BCUT2D eigenvalue weighted by Gasteiger charge is -2.36. The second-order valence-corrected chi connectivity index (χ2v) is 6.61. The van der Waals surface area contributed by atoms with E-state index < -0.39 is 6.04 Å². The van der Waals surface area contributed by atoms with Gasteiger partial charge in [0.1, 0.15) is 11.9 Å². The van der Waals surface area contributed by atoms with Crippen LogP contribution in [0.15, 0.2) is 30.6 Å². The number of benzene rings is 1. The van der Waals surface area contributed by atoms with Gasteiger partial charge in [-0.1, -0.05) is 12.1 Å². The smallest absolute Gasteiger partial charge is 0.246 e. The molecule has 1 saturated heterocycles. The fraction of sp³-hybridized carbons (Fsp3) is 0.389. The normalized spacial score (nSPS) is 20.2. The zero-order valence-corrected chi connectivity index (χ0v) is 14.2. The summed E-state index contributed by atoms with van der Waals surface area (Å²) in [6.45, 7) is 2.11. The zero-order chi connectivity index (χ0) is 18.1. The summed E-state index contributed by atoms with van der Waals surface area (Å²) >= 11 is 0. The van der Waals surface area contributed by atoms with Gasteiger partial charge in [0.25, 0.3) is 0 Å². The molecule has 8 heteroatoms. The van der Waals surface area contributed by atoms with E-state index in [-0.39, 0.29) is 24.2 Å². The van der Waals surface area contributed by atoms with Crippen molar-refractivity contribution >= 4 is 11.8 Å². The maximum Gasteiger partial charge on any atom is 0.246 e. The van der Waals surface area contributed by atoms with E-state index >= 15 is 0 Å². The summed E-state index contributed by atoms with van der Waals surface area (Å²) in [4.78, 5) is 35.9. The Morgan fingerprint density at radius 1 is 1.27 bits per heavy atom. The number of carbonyl (C=O) groups is 2. The first-order valence-electron chi connectivity index (χ1n) is 8.68. The van der Waals surface area contributed by atoms with E-state index in [1.54, 1.807) is 28.3 Å². The Morgan fingerprint density at radius 3 is 2.85 bits per heavy atom. The van der Waals surface area contributed by atoms with Gasteiger partial charge in [-0.15, -0.1) is 0 Å². The molecule has 1 aromatic heterocycles. The molecule has 4 rings (SSSR count). The van der Waals surface area contributed by atoms with E-state index in [0.717, 1.165) is 23.4 Å². The highest BCUT2D eigenvalue weighted by atomic mass is 19.1. The Labute approximate surface area is 150 Å². The minimum atomic E-state index is -0.499. The van der Waals surface area contributed by atoms with Crippen LogP contribution in [-0.4, -0.2) is 57.8 Å². The van der Waals surface area contributed by atoms with Crippen molar-refractivity contribution in [2.24, 2.45) is 0 Å². The summed E-state index contributed by atoms with van der Waals surface area (Å²) in [7, 11) is 0. The van der Waals surface area contributed by atoms with Crippen LogP contribution in [-0.2, 0) is 22.6 Å². The number of aromatic amines is 1. The number of halogens is 1. The quantitative estimate of drug-likeness (QED) is 0.843. The van der Waals surface area contributed by atoms with Gasteiger partial charge in [0, 0.05) is 38.3 Å². The monoisotopic (exact) mass is 357 g/mol. The van der Waals surface area contributed by atoms with Gasteiger partial charge in [-0.3, -0.25) is 9.59 Å². The van der Waals surface area contributed by atoms with Crippen LogP contribution in [0.5, 0.6) is 0 Å². The van der Waals surface area contributed by atoms with Gasteiger partial charge in [-0.05, 0) is 17.7 Å². The largest absolute Gasteiger partial charge is 0.348 e. The maximum atomic E-state index is 13.0. The summed E-state index contributed by atoms with van der Waals surface area (Å²) in [5, 5.41) is 3.20. The van der Waals surface area contributed by atoms with Crippen LogP contribution in [0.25, 0.3) is 0 Å². The van der Waals surface area contributed by atoms with Crippen LogP contribution in [0.1, 0.15) is 23.0 Å². The minimum absolute atomic E-state index is 0.0535. The number of rotatable bonds is 3. The SMILES string of the molecule is O=C1CN(C(=O)C2NCCc3[nH]cnc32)CCN1Cc1ccc(F)cc1. The molecular weight excluding hydrogens is 337 g/mol. The fourth-order valence-corrected chi connectivity index (χ4v) is 3.48. The molecule has 2 aliphatic heterocycles. The first-order valence-corrected chi connectivity index (χ1v) is 8.68. The Kier molecular flexibility index (Phi) is 4.42. The van der Waals surface area contributed by atoms with Gasteiger partial charge >= 0.3 is 0 Å². The van der Waals surface area contributed by atoms with Gasteiger partial charge in [0.15, 0.2) is 0 Å². The van der Waals surface area contributed by atoms with E-state index in [1.807, 2.05) is 0 Å². The Bertz CT molecular complexity index is 819. The van der Waals surface area contributed by atoms with Gasteiger partial charge in [0.2, 0.25) is 11.8 Å². The Hall–Kier alpha value is -2.74. The molecule has 1 atom stereocenters. The number of piperazine rings is 1. The molecule has 2 amide bonds. The van der Waals surface area contributed by atoms with Crippen molar-refractivity contribution in [3.63, 3.8) is 0 Å². The van der Waals surface area contributed by atoms with Crippen LogP contribution < -0.4 is 5.32 Å². The highest BCUT2D eigenvalue weighted by molar-refractivity contribution is 5.89. The lowest BCUT2D eigenvalue weighted by atomic mass is 10.0. The molecule has 7 nitrogen and oxygen atoms in total. The molecule has 0 saturated carbocycles. The highest BCUT2D eigenvalue weighted by Gasteiger charge is 2.35. The highest BCUT2D eigenvalue weighted by Crippen LogP contribution is 2.22. The number of fused-ring (bicyclic) bond motifs is 1. The van der Waals surface area contributed by atoms with Crippen molar-refractivity contribution in [2.75, 3.05) is 26.2 Å². The molecule has 0 bridgehead atoms. The van der Waals surface area contributed by atoms with Crippen molar-refractivity contribution in [3.05, 3.63) is 53.4 Å². The molecule has 2 N–H and O–H groups in total. The Balaban J connectivity index is 1.40. The molecule has 0 radical (unpaired) electrons. The van der Waals surface area contributed by atoms with E-state index in [2.05, 4.69) is 15.3 Å². The molecule has 3 heterocycles. The van der Waals surface area contributed by atoms with Gasteiger partial charge in [-0.25, -0.2) is 9.37 Å². The average molecular weight is 357 g/mol. The fourth-order valence-electron chi connectivity index (χ4n) is 3.48. The van der Waals surface area contributed by atoms with Crippen LogP contribution in [0.2, 0.25) is 0 Å². The van der Waals surface area contributed by atoms with E-state index in [1.165, 1.54) is 12.1 Å². The average Bonchev–Trinajstić information content (AvgIpc) is 3.13.